The normalized spacial score (nSPS) is 11.9. The van der Waals surface area contributed by atoms with Gasteiger partial charge in [0.2, 0.25) is 17.6 Å². The molecule has 1 unspecified atom stereocenters. The van der Waals surface area contributed by atoms with Gasteiger partial charge in [-0.25, -0.2) is 0 Å². The van der Waals surface area contributed by atoms with Gasteiger partial charge in [0, 0.05) is 18.4 Å². The summed E-state index contributed by atoms with van der Waals surface area (Å²) in [5, 5.41) is 9.29. The largest absolute Gasteiger partial charge is 0.497 e. The molecule has 6 heteroatoms. The van der Waals surface area contributed by atoms with Crippen molar-refractivity contribution >= 4 is 16.7 Å². The van der Waals surface area contributed by atoms with E-state index in [0.29, 0.717) is 18.1 Å². The number of aromatic nitrogens is 2. The number of ether oxygens (including phenoxy) is 1. The molecule has 4 aromatic rings. The number of fused-ring (bicyclic) bond motifs is 1. The number of hydrogen-bond acceptors (Lipinski definition) is 5. The maximum atomic E-state index is 12.3. The van der Waals surface area contributed by atoms with Crippen molar-refractivity contribution < 1.29 is 14.1 Å². The van der Waals surface area contributed by atoms with E-state index < -0.39 is 0 Å². The highest BCUT2D eigenvalue weighted by atomic mass is 16.5. The molecule has 0 radical (unpaired) electrons. The van der Waals surface area contributed by atoms with Crippen LogP contribution in [0.15, 0.2) is 71.3 Å². The third-order valence-corrected chi connectivity index (χ3v) is 5.06. The number of methoxy groups -OCH3 is 1. The zero-order valence-corrected chi connectivity index (χ0v) is 17.0. The molecule has 30 heavy (non-hydrogen) atoms. The number of aryl methyl sites for hydroxylation is 1. The Kier molecular flexibility index (Phi) is 5.75. The van der Waals surface area contributed by atoms with Gasteiger partial charge in [0.1, 0.15) is 5.75 Å². The topological polar surface area (TPSA) is 77.2 Å². The van der Waals surface area contributed by atoms with Crippen LogP contribution in [0.25, 0.3) is 22.2 Å². The van der Waals surface area contributed by atoms with Crippen molar-refractivity contribution in [2.75, 3.05) is 7.11 Å². The minimum absolute atomic E-state index is 0.0665. The van der Waals surface area contributed by atoms with E-state index in [1.54, 1.807) is 7.11 Å². The first-order valence-corrected chi connectivity index (χ1v) is 9.88. The average molecular weight is 401 g/mol. The van der Waals surface area contributed by atoms with Crippen molar-refractivity contribution in [2.24, 2.45) is 0 Å². The summed E-state index contributed by atoms with van der Waals surface area (Å²) in [6.45, 7) is 1.95. The van der Waals surface area contributed by atoms with E-state index in [9.17, 15) is 4.79 Å². The van der Waals surface area contributed by atoms with Crippen molar-refractivity contribution in [1.29, 1.82) is 0 Å². The predicted molar refractivity (Wildman–Crippen MR) is 115 cm³/mol. The molecule has 1 atom stereocenters. The van der Waals surface area contributed by atoms with E-state index in [0.717, 1.165) is 27.6 Å². The summed E-state index contributed by atoms with van der Waals surface area (Å²) in [4.78, 5) is 16.8. The number of nitrogens with zero attached hydrogens (tertiary/aromatic N) is 2. The van der Waals surface area contributed by atoms with Crippen molar-refractivity contribution in [3.63, 3.8) is 0 Å². The second-order valence-corrected chi connectivity index (χ2v) is 7.10. The van der Waals surface area contributed by atoms with E-state index in [-0.39, 0.29) is 18.4 Å². The minimum atomic E-state index is -0.0997. The van der Waals surface area contributed by atoms with Gasteiger partial charge in [0.15, 0.2) is 0 Å². The Labute approximate surface area is 174 Å². The Hall–Kier alpha value is -3.67. The first-order valence-electron chi connectivity index (χ1n) is 9.88. The van der Waals surface area contributed by atoms with Crippen LogP contribution in [0.1, 0.15) is 30.8 Å². The Balaban J connectivity index is 1.37. The fourth-order valence-corrected chi connectivity index (χ4v) is 3.40. The van der Waals surface area contributed by atoms with Gasteiger partial charge >= 0.3 is 0 Å². The molecule has 3 aromatic carbocycles. The first kappa shape index (κ1) is 19.6. The molecule has 0 fully saturated rings. The van der Waals surface area contributed by atoms with Gasteiger partial charge in [-0.2, -0.15) is 4.98 Å². The van der Waals surface area contributed by atoms with Crippen molar-refractivity contribution in [2.45, 2.75) is 25.8 Å². The van der Waals surface area contributed by atoms with Crippen LogP contribution in [0.3, 0.4) is 0 Å². The summed E-state index contributed by atoms with van der Waals surface area (Å²) in [6.07, 6.45) is 0.663. The number of amides is 1. The average Bonchev–Trinajstić information content (AvgIpc) is 3.26. The molecule has 0 aliphatic rings. The molecule has 4 rings (SSSR count). The highest BCUT2D eigenvalue weighted by molar-refractivity contribution is 5.94. The zero-order chi connectivity index (χ0) is 20.9. The van der Waals surface area contributed by atoms with Crippen LogP contribution in [0.4, 0.5) is 0 Å². The summed E-state index contributed by atoms with van der Waals surface area (Å²) in [5.41, 5.74) is 1.93. The molecular weight excluding hydrogens is 378 g/mol. The number of rotatable bonds is 7. The summed E-state index contributed by atoms with van der Waals surface area (Å²) in [6, 6.07) is 21.6. The second kappa shape index (κ2) is 8.78. The Bertz CT molecular complexity index is 1150. The summed E-state index contributed by atoms with van der Waals surface area (Å²) in [7, 11) is 1.63. The van der Waals surface area contributed by atoms with Crippen LogP contribution in [0, 0.1) is 0 Å². The Morgan fingerprint density at radius 3 is 2.63 bits per heavy atom. The highest BCUT2D eigenvalue weighted by Gasteiger charge is 2.14. The third-order valence-electron chi connectivity index (χ3n) is 5.06. The van der Waals surface area contributed by atoms with Crippen LogP contribution in [0.2, 0.25) is 0 Å². The number of carbonyl (C=O) groups excluding carboxylic acids is 1. The molecule has 0 saturated carbocycles. The van der Waals surface area contributed by atoms with E-state index in [1.807, 2.05) is 73.7 Å². The SMILES string of the molecule is COc1ccc(C(C)NC(=O)CCc2nc(-c3cccc4ccccc34)no2)cc1. The molecule has 1 N–H and O–H groups in total. The molecular formula is C24H23N3O3. The zero-order valence-electron chi connectivity index (χ0n) is 17.0. The molecule has 1 amide bonds. The predicted octanol–water partition coefficient (Wildman–Crippen LogP) is 4.71. The number of nitrogens with one attached hydrogen (secondary N) is 1. The maximum absolute atomic E-state index is 12.3. The van der Waals surface area contributed by atoms with Crippen LogP contribution < -0.4 is 10.1 Å². The van der Waals surface area contributed by atoms with Gasteiger partial charge in [0.25, 0.3) is 0 Å². The van der Waals surface area contributed by atoms with Crippen LogP contribution in [-0.4, -0.2) is 23.2 Å². The van der Waals surface area contributed by atoms with Crippen LogP contribution in [0.5, 0.6) is 5.75 Å². The van der Waals surface area contributed by atoms with E-state index in [4.69, 9.17) is 9.26 Å². The van der Waals surface area contributed by atoms with Gasteiger partial charge in [-0.15, -0.1) is 0 Å². The molecule has 0 bridgehead atoms. The van der Waals surface area contributed by atoms with E-state index in [2.05, 4.69) is 15.5 Å². The molecule has 0 saturated heterocycles. The van der Waals surface area contributed by atoms with E-state index >= 15 is 0 Å². The molecule has 0 aliphatic carbocycles. The highest BCUT2D eigenvalue weighted by Crippen LogP contribution is 2.26. The maximum Gasteiger partial charge on any atom is 0.227 e. The molecule has 1 aromatic heterocycles. The van der Waals surface area contributed by atoms with Crippen LogP contribution in [-0.2, 0) is 11.2 Å². The lowest BCUT2D eigenvalue weighted by molar-refractivity contribution is -0.121. The minimum Gasteiger partial charge on any atom is -0.497 e. The van der Waals surface area contributed by atoms with Gasteiger partial charge in [0.05, 0.1) is 13.2 Å². The van der Waals surface area contributed by atoms with Crippen LogP contribution >= 0.6 is 0 Å². The summed E-state index contributed by atoms with van der Waals surface area (Å²) < 4.78 is 10.5. The summed E-state index contributed by atoms with van der Waals surface area (Å²) in [5.74, 6) is 1.71. The lowest BCUT2D eigenvalue weighted by Gasteiger charge is -2.14. The Morgan fingerprint density at radius 2 is 1.83 bits per heavy atom. The Morgan fingerprint density at radius 1 is 1.07 bits per heavy atom. The summed E-state index contributed by atoms with van der Waals surface area (Å²) >= 11 is 0. The molecule has 152 valence electrons. The molecule has 0 aliphatic heterocycles. The fourth-order valence-electron chi connectivity index (χ4n) is 3.40. The van der Waals surface area contributed by atoms with Gasteiger partial charge < -0.3 is 14.6 Å². The van der Waals surface area contributed by atoms with Crippen molar-refractivity contribution in [3.8, 4) is 17.1 Å². The monoisotopic (exact) mass is 401 g/mol. The van der Waals surface area contributed by atoms with Crippen molar-refractivity contribution in [1.82, 2.24) is 15.5 Å². The first-order chi connectivity index (χ1) is 14.6. The molecule has 1 heterocycles. The quantitative estimate of drug-likeness (QED) is 0.485. The molecule has 6 nitrogen and oxygen atoms in total. The lowest BCUT2D eigenvalue weighted by Crippen LogP contribution is -2.26. The third kappa shape index (κ3) is 4.33. The molecule has 0 spiro atoms. The van der Waals surface area contributed by atoms with Gasteiger partial charge in [-0.05, 0) is 35.4 Å². The number of benzene rings is 3. The smallest absolute Gasteiger partial charge is 0.227 e. The standard InChI is InChI=1S/C24H23N3O3/c1-16(17-10-12-19(29-2)13-11-17)25-22(28)14-15-23-26-24(27-30-23)21-9-5-7-18-6-3-4-8-20(18)21/h3-13,16H,14-15H2,1-2H3,(H,25,28). The van der Waals surface area contributed by atoms with Gasteiger partial charge in [-0.3, -0.25) is 4.79 Å². The van der Waals surface area contributed by atoms with Crippen molar-refractivity contribution in [3.05, 3.63) is 78.2 Å². The second-order valence-electron chi connectivity index (χ2n) is 7.10. The van der Waals surface area contributed by atoms with E-state index in [1.165, 1.54) is 0 Å². The van der Waals surface area contributed by atoms with Gasteiger partial charge in [-0.1, -0.05) is 59.8 Å². The lowest BCUT2D eigenvalue weighted by atomic mass is 10.0. The number of hydrogen-bond donors (Lipinski definition) is 1. The number of carbonyl (C=O) groups is 1. The fraction of sp³-hybridized carbons (Fsp3) is 0.208.